The van der Waals surface area contributed by atoms with Gasteiger partial charge in [0.05, 0.1) is 11.2 Å². The van der Waals surface area contributed by atoms with Gasteiger partial charge in [-0.1, -0.05) is 30.3 Å². The van der Waals surface area contributed by atoms with Crippen LogP contribution in [-0.4, -0.2) is 15.0 Å². The van der Waals surface area contributed by atoms with Crippen molar-refractivity contribution in [3.8, 4) is 11.3 Å². The first-order valence-electron chi connectivity index (χ1n) is 7.30. The van der Waals surface area contributed by atoms with Gasteiger partial charge in [-0.3, -0.25) is 4.98 Å². The molecule has 0 bridgehead atoms. The van der Waals surface area contributed by atoms with E-state index in [1.165, 1.54) is 10.9 Å². The zero-order valence-electron chi connectivity index (χ0n) is 12.5. The van der Waals surface area contributed by atoms with E-state index in [4.69, 9.17) is 4.98 Å². The minimum atomic E-state index is 0.947. The lowest BCUT2D eigenvalue weighted by molar-refractivity contribution is 1.20. The van der Waals surface area contributed by atoms with Crippen LogP contribution in [0.5, 0.6) is 0 Å². The van der Waals surface area contributed by atoms with E-state index in [0.717, 1.165) is 33.2 Å². The molecule has 0 spiro atoms. The molecule has 0 aliphatic heterocycles. The maximum atomic E-state index is 4.83. The predicted molar refractivity (Wildman–Crippen MR) is 89.7 cm³/mol. The highest BCUT2D eigenvalue weighted by molar-refractivity contribution is 6.03. The van der Waals surface area contributed by atoms with Crippen molar-refractivity contribution in [1.82, 2.24) is 15.0 Å². The Kier molecular flexibility index (Phi) is 2.86. The van der Waals surface area contributed by atoms with Gasteiger partial charge in [0.15, 0.2) is 0 Å². The molecule has 106 valence electrons. The van der Waals surface area contributed by atoms with E-state index < -0.39 is 0 Å². The molecule has 0 N–H and O–H groups in total. The molecule has 2 aromatic heterocycles. The van der Waals surface area contributed by atoms with Crippen molar-refractivity contribution in [3.63, 3.8) is 0 Å². The number of benzene rings is 2. The van der Waals surface area contributed by atoms with Gasteiger partial charge in [0.25, 0.3) is 0 Å². The molecule has 4 rings (SSSR count). The number of pyridine rings is 1. The van der Waals surface area contributed by atoms with E-state index in [1.54, 1.807) is 6.33 Å². The number of hydrogen-bond donors (Lipinski definition) is 0. The van der Waals surface area contributed by atoms with Crippen LogP contribution in [-0.2, 0) is 0 Å². The van der Waals surface area contributed by atoms with Gasteiger partial charge in [0.1, 0.15) is 6.33 Å². The molecular weight excluding hydrogens is 270 g/mol. The van der Waals surface area contributed by atoms with Crippen LogP contribution >= 0.6 is 0 Å². The number of hydrogen-bond acceptors (Lipinski definition) is 3. The van der Waals surface area contributed by atoms with Gasteiger partial charge in [0.2, 0.25) is 0 Å². The Morgan fingerprint density at radius 3 is 2.68 bits per heavy atom. The minimum absolute atomic E-state index is 0.947. The highest BCUT2D eigenvalue weighted by atomic mass is 14.8. The summed E-state index contributed by atoms with van der Waals surface area (Å²) in [6.07, 6.45) is 3.46. The molecule has 3 heteroatoms. The Labute approximate surface area is 128 Å². The molecule has 0 atom stereocenters. The Morgan fingerprint density at radius 1 is 0.909 bits per heavy atom. The third kappa shape index (κ3) is 1.94. The molecule has 0 amide bonds. The van der Waals surface area contributed by atoms with Crippen molar-refractivity contribution in [2.24, 2.45) is 0 Å². The number of aromatic nitrogens is 3. The summed E-state index contributed by atoms with van der Waals surface area (Å²) in [5.74, 6) is 0. The van der Waals surface area contributed by atoms with Crippen LogP contribution in [0.3, 0.4) is 0 Å². The van der Waals surface area contributed by atoms with Crippen LogP contribution in [0.15, 0.2) is 55.0 Å². The molecule has 0 aliphatic carbocycles. The van der Waals surface area contributed by atoms with Gasteiger partial charge in [0, 0.05) is 28.2 Å². The molecule has 2 aromatic carbocycles. The van der Waals surface area contributed by atoms with Crippen molar-refractivity contribution < 1.29 is 0 Å². The number of fused-ring (bicyclic) bond motifs is 2. The van der Waals surface area contributed by atoms with E-state index >= 15 is 0 Å². The average molecular weight is 285 g/mol. The molecule has 4 aromatic rings. The van der Waals surface area contributed by atoms with Gasteiger partial charge in [-0.15, -0.1) is 0 Å². The summed E-state index contributed by atoms with van der Waals surface area (Å²) in [6, 6.07) is 14.6. The maximum Gasteiger partial charge on any atom is 0.116 e. The van der Waals surface area contributed by atoms with E-state index in [1.807, 2.05) is 19.2 Å². The summed E-state index contributed by atoms with van der Waals surface area (Å²) < 4.78 is 0. The number of rotatable bonds is 1. The smallest absolute Gasteiger partial charge is 0.116 e. The van der Waals surface area contributed by atoms with Crippen LogP contribution < -0.4 is 0 Å². The molecular formula is C19H15N3. The Balaban J connectivity index is 2.18. The maximum absolute atomic E-state index is 4.83. The van der Waals surface area contributed by atoms with Crippen LogP contribution in [0, 0.1) is 13.8 Å². The molecule has 2 heterocycles. The second-order valence-electron chi connectivity index (χ2n) is 5.55. The Bertz CT molecular complexity index is 1010. The van der Waals surface area contributed by atoms with Crippen molar-refractivity contribution in [1.29, 1.82) is 0 Å². The highest BCUT2D eigenvalue weighted by Crippen LogP contribution is 2.34. The summed E-state index contributed by atoms with van der Waals surface area (Å²) in [7, 11) is 0. The van der Waals surface area contributed by atoms with E-state index in [0.29, 0.717) is 0 Å². The normalized spacial score (nSPS) is 11.2. The Morgan fingerprint density at radius 2 is 1.77 bits per heavy atom. The van der Waals surface area contributed by atoms with Crippen LogP contribution in [0.2, 0.25) is 0 Å². The first kappa shape index (κ1) is 12.9. The van der Waals surface area contributed by atoms with Gasteiger partial charge >= 0.3 is 0 Å². The van der Waals surface area contributed by atoms with E-state index in [2.05, 4.69) is 53.3 Å². The molecule has 0 fully saturated rings. The summed E-state index contributed by atoms with van der Waals surface area (Å²) >= 11 is 0. The number of aryl methyl sites for hydroxylation is 2. The zero-order chi connectivity index (χ0) is 15.1. The molecule has 0 saturated heterocycles. The fourth-order valence-electron chi connectivity index (χ4n) is 3.00. The lowest BCUT2D eigenvalue weighted by atomic mass is 9.96. The second-order valence-corrected chi connectivity index (χ2v) is 5.55. The molecule has 0 aliphatic rings. The summed E-state index contributed by atoms with van der Waals surface area (Å²) in [4.78, 5) is 13.4. The predicted octanol–water partition coefficient (Wildman–Crippen LogP) is 4.46. The number of nitrogens with zero attached hydrogens (tertiary/aromatic N) is 3. The Hall–Kier alpha value is -2.81. The standard InChI is InChI=1S/C19H15N3/c1-12-7-8-17-16(10-20-11-21-17)18(12)19-15-6-4-3-5-14(15)9-13(2)22-19/h3-11H,1-2H3. The molecule has 22 heavy (non-hydrogen) atoms. The third-order valence-corrected chi connectivity index (χ3v) is 4.00. The quantitative estimate of drug-likeness (QED) is 0.518. The lowest BCUT2D eigenvalue weighted by Crippen LogP contribution is -1.94. The van der Waals surface area contributed by atoms with Crippen LogP contribution in [0.1, 0.15) is 11.3 Å². The summed E-state index contributed by atoms with van der Waals surface area (Å²) in [6.45, 7) is 4.15. The molecule has 0 radical (unpaired) electrons. The van der Waals surface area contributed by atoms with E-state index in [-0.39, 0.29) is 0 Å². The van der Waals surface area contributed by atoms with Crippen molar-refractivity contribution in [2.75, 3.05) is 0 Å². The summed E-state index contributed by atoms with van der Waals surface area (Å²) in [5.41, 5.74) is 5.28. The van der Waals surface area contributed by atoms with Gasteiger partial charge in [-0.05, 0) is 36.9 Å². The SMILES string of the molecule is Cc1cc2ccccc2c(-c2c(C)ccc3ncncc23)n1. The fourth-order valence-corrected chi connectivity index (χ4v) is 3.00. The van der Waals surface area contributed by atoms with Crippen molar-refractivity contribution in [3.05, 3.63) is 66.2 Å². The zero-order valence-corrected chi connectivity index (χ0v) is 12.5. The van der Waals surface area contributed by atoms with Gasteiger partial charge < -0.3 is 0 Å². The van der Waals surface area contributed by atoms with Crippen LogP contribution in [0.25, 0.3) is 32.9 Å². The molecule has 3 nitrogen and oxygen atoms in total. The van der Waals surface area contributed by atoms with E-state index in [9.17, 15) is 0 Å². The van der Waals surface area contributed by atoms with Gasteiger partial charge in [-0.25, -0.2) is 9.97 Å². The fraction of sp³-hybridized carbons (Fsp3) is 0.105. The first-order chi connectivity index (χ1) is 10.7. The highest BCUT2D eigenvalue weighted by Gasteiger charge is 2.13. The molecule has 0 saturated carbocycles. The third-order valence-electron chi connectivity index (χ3n) is 4.00. The van der Waals surface area contributed by atoms with Gasteiger partial charge in [-0.2, -0.15) is 0 Å². The van der Waals surface area contributed by atoms with Crippen LogP contribution in [0.4, 0.5) is 0 Å². The second kappa shape index (κ2) is 4.88. The van der Waals surface area contributed by atoms with Crippen molar-refractivity contribution >= 4 is 21.7 Å². The molecule has 0 unspecified atom stereocenters. The summed E-state index contributed by atoms with van der Waals surface area (Å²) in [5, 5.41) is 3.41. The lowest BCUT2D eigenvalue weighted by Gasteiger charge is -2.12. The largest absolute Gasteiger partial charge is 0.252 e. The minimum Gasteiger partial charge on any atom is -0.252 e. The monoisotopic (exact) mass is 285 g/mol. The van der Waals surface area contributed by atoms with Crippen molar-refractivity contribution in [2.45, 2.75) is 13.8 Å². The average Bonchev–Trinajstić information content (AvgIpc) is 2.54. The topological polar surface area (TPSA) is 38.7 Å². The first-order valence-corrected chi connectivity index (χ1v) is 7.30.